The van der Waals surface area contributed by atoms with Crippen LogP contribution in [0.1, 0.15) is 39.8 Å². The highest BCUT2D eigenvalue weighted by molar-refractivity contribution is 7.92. The fourth-order valence-electron chi connectivity index (χ4n) is 2.87. The summed E-state index contributed by atoms with van der Waals surface area (Å²) in [7, 11) is -4.17. The number of fused-ring (bicyclic) bond motifs is 1. The minimum Gasteiger partial charge on any atom is -0.507 e. The molecule has 3 aromatic rings. The largest absolute Gasteiger partial charge is 0.507 e. The van der Waals surface area contributed by atoms with Crippen molar-refractivity contribution < 1.29 is 37.4 Å². The highest BCUT2D eigenvalue weighted by Crippen LogP contribution is 2.30. The van der Waals surface area contributed by atoms with Crippen LogP contribution in [-0.2, 0) is 14.8 Å². The molecule has 1 aromatic heterocycles. The lowest BCUT2D eigenvalue weighted by Crippen LogP contribution is -2.14. The van der Waals surface area contributed by atoms with Gasteiger partial charge in [0.1, 0.15) is 28.2 Å². The van der Waals surface area contributed by atoms with Gasteiger partial charge in [0, 0.05) is 11.1 Å². The summed E-state index contributed by atoms with van der Waals surface area (Å²) in [6.45, 7) is 3.71. The number of phenols is 1. The molecule has 0 radical (unpaired) electrons. The molecule has 0 aliphatic heterocycles. The van der Waals surface area contributed by atoms with Crippen LogP contribution in [0.2, 0.25) is 0 Å². The number of carbonyl (C=O) groups is 2. The lowest BCUT2D eigenvalue weighted by Gasteiger charge is -2.10. The molecule has 0 unspecified atom stereocenters. The van der Waals surface area contributed by atoms with Crippen LogP contribution in [0.4, 0.5) is 5.69 Å². The van der Waals surface area contributed by atoms with Crippen LogP contribution in [0.5, 0.6) is 5.75 Å². The summed E-state index contributed by atoms with van der Waals surface area (Å²) >= 11 is 0. The molecule has 0 saturated carbocycles. The number of ether oxygens (including phenoxy) is 1. The number of sulfonamides is 1. The number of esters is 1. The van der Waals surface area contributed by atoms with Gasteiger partial charge < -0.3 is 19.4 Å². The van der Waals surface area contributed by atoms with Gasteiger partial charge >= 0.3 is 11.9 Å². The van der Waals surface area contributed by atoms with Crippen molar-refractivity contribution in [3.05, 3.63) is 53.3 Å². The molecule has 0 aliphatic rings. The van der Waals surface area contributed by atoms with Gasteiger partial charge in [-0.25, -0.2) is 18.0 Å². The zero-order valence-electron chi connectivity index (χ0n) is 16.1. The Balaban J connectivity index is 1.98. The van der Waals surface area contributed by atoms with E-state index >= 15 is 0 Å². The summed E-state index contributed by atoms with van der Waals surface area (Å²) in [5.41, 5.74) is 0.187. The number of carbonyl (C=O) groups excluding carboxylic acids is 1. The fraction of sp³-hybridized carbons (Fsp3) is 0.200. The first-order valence-corrected chi connectivity index (χ1v) is 10.4. The summed E-state index contributed by atoms with van der Waals surface area (Å²) in [5, 5.41) is 19.0. The summed E-state index contributed by atoms with van der Waals surface area (Å²) in [6.07, 6.45) is 0.649. The molecule has 2 aromatic carbocycles. The van der Waals surface area contributed by atoms with Crippen molar-refractivity contribution in [1.29, 1.82) is 0 Å². The van der Waals surface area contributed by atoms with Gasteiger partial charge in [-0.05, 0) is 49.7 Å². The molecule has 9 nitrogen and oxygen atoms in total. The van der Waals surface area contributed by atoms with Crippen LogP contribution in [0, 0.1) is 6.92 Å². The highest BCUT2D eigenvalue weighted by Gasteiger charge is 2.22. The summed E-state index contributed by atoms with van der Waals surface area (Å²) in [5.74, 6) is -2.24. The molecule has 0 fully saturated rings. The molecular weight excluding hydrogens is 414 g/mol. The molecule has 158 valence electrons. The Labute approximate surface area is 171 Å². The second-order valence-electron chi connectivity index (χ2n) is 6.47. The second kappa shape index (κ2) is 8.07. The number of anilines is 1. The van der Waals surface area contributed by atoms with Gasteiger partial charge in [0.2, 0.25) is 0 Å². The quantitative estimate of drug-likeness (QED) is 0.480. The van der Waals surface area contributed by atoms with E-state index < -0.39 is 33.3 Å². The smallest absolute Gasteiger partial charge is 0.342 e. The predicted molar refractivity (Wildman–Crippen MR) is 107 cm³/mol. The van der Waals surface area contributed by atoms with Crippen LogP contribution in [-0.4, -0.2) is 37.2 Å². The molecule has 3 rings (SSSR count). The number of hydrogen-bond acceptors (Lipinski definition) is 7. The van der Waals surface area contributed by atoms with Gasteiger partial charge in [0.05, 0.1) is 11.5 Å². The number of furan rings is 1. The van der Waals surface area contributed by atoms with Crippen LogP contribution in [0.15, 0.2) is 45.7 Å². The number of aromatic hydroxyl groups is 1. The van der Waals surface area contributed by atoms with Crippen LogP contribution < -0.4 is 4.72 Å². The second-order valence-corrected chi connectivity index (χ2v) is 8.15. The van der Waals surface area contributed by atoms with Crippen molar-refractivity contribution >= 4 is 38.6 Å². The first kappa shape index (κ1) is 21.2. The molecule has 30 heavy (non-hydrogen) atoms. The van der Waals surface area contributed by atoms with Crippen LogP contribution in [0.3, 0.4) is 0 Å². The molecule has 0 saturated heterocycles. The van der Waals surface area contributed by atoms with Crippen molar-refractivity contribution in [2.45, 2.75) is 25.2 Å². The maximum absolute atomic E-state index is 12.7. The molecule has 0 atom stereocenters. The average molecular weight is 433 g/mol. The van der Waals surface area contributed by atoms with Crippen molar-refractivity contribution in [2.75, 3.05) is 11.3 Å². The predicted octanol–water partition coefficient (Wildman–Crippen LogP) is 3.51. The molecule has 0 spiro atoms. The minimum absolute atomic E-state index is 0.137. The summed E-state index contributed by atoms with van der Waals surface area (Å²) in [6, 6.07) is 7.32. The standard InChI is InChI=1S/C20H19NO8S/c1-3-8-28-20(25)18-11(2)29-17-7-4-12(9-15(17)18)21-30(26,27)13-5-6-16(22)14(10-13)19(23)24/h4-7,9-10,21-22H,3,8H2,1-2H3,(H,23,24). The number of hydrogen-bond donors (Lipinski definition) is 3. The highest BCUT2D eigenvalue weighted by atomic mass is 32.2. The van der Waals surface area contributed by atoms with Gasteiger partial charge in [-0.3, -0.25) is 4.72 Å². The third-order valence-electron chi connectivity index (χ3n) is 4.27. The monoisotopic (exact) mass is 433 g/mol. The molecular formula is C20H19NO8S. The number of aryl methyl sites for hydroxylation is 1. The fourth-order valence-corrected chi connectivity index (χ4v) is 3.95. The van der Waals surface area contributed by atoms with E-state index in [1.54, 1.807) is 6.92 Å². The zero-order chi connectivity index (χ0) is 22.1. The number of carboxylic acids is 1. The normalized spacial score (nSPS) is 11.4. The average Bonchev–Trinajstić information content (AvgIpc) is 3.00. The number of nitrogens with one attached hydrogen (secondary N) is 1. The van der Waals surface area contributed by atoms with Gasteiger partial charge in [0.15, 0.2) is 0 Å². The SMILES string of the molecule is CCCOC(=O)c1c(C)oc2ccc(NS(=O)(=O)c3ccc(O)c(C(=O)O)c3)cc12. The Bertz CT molecular complexity index is 1240. The third kappa shape index (κ3) is 4.08. The van der Waals surface area contributed by atoms with Crippen LogP contribution in [0.25, 0.3) is 11.0 Å². The minimum atomic E-state index is -4.17. The summed E-state index contributed by atoms with van der Waals surface area (Å²) < 4.78 is 38.4. The van der Waals surface area contributed by atoms with E-state index in [4.69, 9.17) is 14.3 Å². The van der Waals surface area contributed by atoms with Crippen molar-refractivity contribution in [1.82, 2.24) is 0 Å². The van der Waals surface area contributed by atoms with E-state index in [0.717, 1.165) is 18.2 Å². The van der Waals surface area contributed by atoms with E-state index in [1.807, 2.05) is 6.92 Å². The zero-order valence-corrected chi connectivity index (χ0v) is 16.9. The van der Waals surface area contributed by atoms with Crippen molar-refractivity contribution in [3.8, 4) is 5.75 Å². The van der Waals surface area contributed by atoms with Gasteiger partial charge in [-0.2, -0.15) is 0 Å². The topological polar surface area (TPSA) is 143 Å². The van der Waals surface area contributed by atoms with Gasteiger partial charge in [0.25, 0.3) is 10.0 Å². The van der Waals surface area contributed by atoms with Crippen LogP contribution >= 0.6 is 0 Å². The number of carboxylic acid groups (broad SMARTS) is 1. The van der Waals surface area contributed by atoms with E-state index in [9.17, 15) is 23.1 Å². The Morgan fingerprint density at radius 3 is 2.57 bits per heavy atom. The first-order chi connectivity index (χ1) is 14.1. The molecule has 3 N–H and O–H groups in total. The lowest BCUT2D eigenvalue weighted by molar-refractivity contribution is 0.0504. The van der Waals surface area contributed by atoms with Crippen molar-refractivity contribution in [2.24, 2.45) is 0 Å². The van der Waals surface area contributed by atoms with Crippen molar-refractivity contribution in [3.63, 3.8) is 0 Å². The molecule has 0 aliphatic carbocycles. The van der Waals surface area contributed by atoms with E-state index in [1.165, 1.54) is 18.2 Å². The van der Waals surface area contributed by atoms with Gasteiger partial charge in [-0.1, -0.05) is 6.92 Å². The Kier molecular flexibility index (Phi) is 5.70. The van der Waals surface area contributed by atoms with E-state index in [0.29, 0.717) is 23.2 Å². The Morgan fingerprint density at radius 2 is 1.90 bits per heavy atom. The first-order valence-electron chi connectivity index (χ1n) is 8.93. The van der Waals surface area contributed by atoms with E-state index in [-0.39, 0.29) is 22.8 Å². The Morgan fingerprint density at radius 1 is 1.17 bits per heavy atom. The molecule has 10 heteroatoms. The molecule has 0 amide bonds. The lowest BCUT2D eigenvalue weighted by atomic mass is 10.1. The van der Waals surface area contributed by atoms with Gasteiger partial charge in [-0.15, -0.1) is 0 Å². The van der Waals surface area contributed by atoms with E-state index in [2.05, 4.69) is 4.72 Å². The summed E-state index contributed by atoms with van der Waals surface area (Å²) in [4.78, 5) is 23.2. The third-order valence-corrected chi connectivity index (χ3v) is 5.65. The molecule has 1 heterocycles. The number of benzene rings is 2. The maximum Gasteiger partial charge on any atom is 0.342 e. The number of aromatic carboxylic acids is 1. The number of rotatable bonds is 7. The molecule has 0 bridgehead atoms. The maximum atomic E-state index is 12.7. The Hall–Kier alpha value is -3.53.